The number of phenolic OH excluding ortho intramolecular Hbond substituents is 15. The van der Waals surface area contributed by atoms with E-state index in [1.54, 1.807) is 18.2 Å². The summed E-state index contributed by atoms with van der Waals surface area (Å²) in [4.78, 5) is 0. The molecule has 0 aliphatic heterocycles. The number of hydrogen-bond acceptors (Lipinski definition) is 15. The van der Waals surface area contributed by atoms with Crippen LogP contribution in [0.15, 0.2) is 54.6 Å². The van der Waals surface area contributed by atoms with Gasteiger partial charge >= 0.3 is 0 Å². The molecule has 15 N–H and O–H groups in total. The molecular weight excluding hydrogens is 756 g/mol. The summed E-state index contributed by atoms with van der Waals surface area (Å²) in [6.45, 7) is 3.86. The number of rotatable bonds is 3. The van der Waals surface area contributed by atoms with E-state index in [1.807, 2.05) is 32.0 Å². The minimum Gasteiger partial charge on any atom is -0.504 e. The van der Waals surface area contributed by atoms with Crippen LogP contribution in [0.25, 0.3) is 76.8 Å². The molecule has 0 unspecified atom stereocenters. The van der Waals surface area contributed by atoms with Gasteiger partial charge in [0.15, 0.2) is 34.5 Å². The van der Waals surface area contributed by atoms with Crippen molar-refractivity contribution in [3.63, 3.8) is 0 Å². The van der Waals surface area contributed by atoms with Crippen molar-refractivity contribution in [1.82, 2.24) is 0 Å². The van der Waals surface area contributed by atoms with Crippen molar-refractivity contribution in [2.24, 2.45) is 0 Å². The quantitative estimate of drug-likeness (QED) is 0.0469. The Morgan fingerprint density at radius 2 is 0.638 bits per heavy atom. The predicted molar refractivity (Wildman–Crippen MR) is 209 cm³/mol. The molecule has 0 fully saturated rings. The van der Waals surface area contributed by atoms with Gasteiger partial charge in [-0.25, -0.2) is 0 Å². The highest BCUT2D eigenvalue weighted by molar-refractivity contribution is 6.34. The third kappa shape index (κ3) is 4.10. The van der Waals surface area contributed by atoms with Gasteiger partial charge in [-0.1, -0.05) is 50.2 Å². The second kappa shape index (κ2) is 11.2. The summed E-state index contributed by atoms with van der Waals surface area (Å²) in [6.07, 6.45) is 0. The topological polar surface area (TPSA) is 303 Å². The lowest BCUT2D eigenvalue weighted by molar-refractivity contribution is 0.330. The lowest BCUT2D eigenvalue weighted by Gasteiger charge is -2.37. The maximum absolute atomic E-state index is 11.4. The fourth-order valence-corrected chi connectivity index (χ4v) is 8.66. The molecule has 1 aliphatic rings. The number of aromatic hydroxyl groups is 15. The van der Waals surface area contributed by atoms with Gasteiger partial charge in [0, 0.05) is 5.41 Å². The molecule has 0 aromatic heterocycles. The van der Waals surface area contributed by atoms with Crippen molar-refractivity contribution in [3.8, 4) is 131 Å². The van der Waals surface area contributed by atoms with Crippen molar-refractivity contribution in [3.05, 3.63) is 65.7 Å². The Labute approximate surface area is 324 Å². The van der Waals surface area contributed by atoms with Gasteiger partial charge in [-0.2, -0.15) is 0 Å². The van der Waals surface area contributed by atoms with Gasteiger partial charge in [-0.05, 0) is 89.5 Å². The Hall–Kier alpha value is -8.20. The maximum atomic E-state index is 11.4. The first-order valence-corrected chi connectivity index (χ1v) is 17.3. The van der Waals surface area contributed by atoms with Crippen molar-refractivity contribution >= 4 is 32.3 Å². The molecule has 0 saturated heterocycles. The molecule has 15 heteroatoms. The smallest absolute Gasteiger partial charge is 0.208 e. The van der Waals surface area contributed by atoms with E-state index in [1.165, 1.54) is 18.2 Å². The molecule has 0 bridgehead atoms. The molecule has 1 aliphatic carbocycles. The Morgan fingerprint density at radius 3 is 1.07 bits per heavy atom. The van der Waals surface area contributed by atoms with Crippen molar-refractivity contribution in [2.45, 2.75) is 19.3 Å². The predicted octanol–water partition coefficient (Wildman–Crippen LogP) is 7.48. The lowest BCUT2D eigenvalue weighted by atomic mass is 9.66. The highest BCUT2D eigenvalue weighted by atomic mass is 16.4. The Balaban J connectivity index is 1.62. The van der Waals surface area contributed by atoms with Crippen LogP contribution in [0.2, 0.25) is 0 Å². The molecule has 0 radical (unpaired) electrons. The van der Waals surface area contributed by atoms with E-state index in [2.05, 4.69) is 0 Å². The van der Waals surface area contributed by atoms with Crippen LogP contribution in [0.4, 0.5) is 0 Å². The second-order valence-corrected chi connectivity index (χ2v) is 14.7. The fraction of sp³-hybridized carbons (Fsp3) is 0.0698. The molecule has 8 aromatic rings. The summed E-state index contributed by atoms with van der Waals surface area (Å²) < 4.78 is 0. The number of fused-ring (bicyclic) bond motifs is 2. The number of benzene rings is 8. The SMILES string of the molecule is CC1(C)c2ccccc2-c2cc(-c3c(O)c(O)c(O)c(O)c3O)c3ccc4c(-c5c(O)c(O)c(O)c(O)c5O)cc(-c5c(O)c(O)c(O)c(O)c5O)c5cc1c2c3c45. The third-order valence-corrected chi connectivity index (χ3v) is 11.5. The third-order valence-electron chi connectivity index (χ3n) is 11.5. The van der Waals surface area contributed by atoms with Gasteiger partial charge in [0.05, 0.1) is 16.7 Å². The van der Waals surface area contributed by atoms with Gasteiger partial charge in [-0.15, -0.1) is 0 Å². The van der Waals surface area contributed by atoms with E-state index in [9.17, 15) is 76.6 Å². The molecule has 8 aromatic carbocycles. The standard InChI is InChI=1S/C43H30O15/c1-43(2)20-6-4-3-5-12(20)15-9-17(26-30(46)36(52)41(57)37(53)31(26)47)14-8-7-13-16(25-28(44)34(50)40(56)35(51)29(25)45)10-18(19-11-21(43)23(15)24(14)22(13)19)27-32(48)38(54)42(58)39(55)33(27)49/h3-11,44-58H,1-2H3. The maximum Gasteiger partial charge on any atom is 0.208 e. The molecule has 0 spiro atoms. The van der Waals surface area contributed by atoms with Crippen LogP contribution < -0.4 is 0 Å². The Morgan fingerprint density at radius 1 is 0.293 bits per heavy atom. The fourth-order valence-electron chi connectivity index (χ4n) is 8.66. The molecule has 58 heavy (non-hydrogen) atoms. The average molecular weight is 787 g/mol. The van der Waals surface area contributed by atoms with Crippen LogP contribution >= 0.6 is 0 Å². The monoisotopic (exact) mass is 786 g/mol. The number of phenols is 15. The van der Waals surface area contributed by atoms with E-state index >= 15 is 0 Å². The molecule has 0 heterocycles. The molecule has 9 rings (SSSR count). The minimum absolute atomic E-state index is 0.00106. The first-order chi connectivity index (χ1) is 27.3. The van der Waals surface area contributed by atoms with Gasteiger partial charge < -0.3 is 76.6 Å². The molecule has 0 amide bonds. The summed E-state index contributed by atoms with van der Waals surface area (Å²) in [7, 11) is 0. The average Bonchev–Trinajstić information content (AvgIpc) is 3.21. The zero-order valence-electron chi connectivity index (χ0n) is 29.9. The highest BCUT2D eigenvalue weighted by Crippen LogP contribution is 2.63. The minimum atomic E-state index is -1.26. The summed E-state index contributed by atoms with van der Waals surface area (Å²) in [5.41, 5.74) is -0.563. The van der Waals surface area contributed by atoms with Crippen LogP contribution in [0.1, 0.15) is 25.0 Å². The van der Waals surface area contributed by atoms with Gasteiger partial charge in [0.25, 0.3) is 0 Å². The van der Waals surface area contributed by atoms with Gasteiger partial charge in [0.2, 0.25) is 51.7 Å². The highest BCUT2D eigenvalue weighted by Gasteiger charge is 2.38. The van der Waals surface area contributed by atoms with E-state index in [0.29, 0.717) is 27.5 Å². The largest absolute Gasteiger partial charge is 0.504 e. The first kappa shape index (κ1) is 35.5. The first-order valence-electron chi connectivity index (χ1n) is 17.3. The normalized spacial score (nSPS) is 13.1. The molecular formula is C43H30O15. The van der Waals surface area contributed by atoms with E-state index in [-0.39, 0.29) is 38.2 Å². The molecule has 0 saturated carbocycles. The Bertz CT molecular complexity index is 3110. The molecule has 292 valence electrons. The van der Waals surface area contributed by atoms with Gasteiger partial charge in [-0.3, -0.25) is 0 Å². The summed E-state index contributed by atoms with van der Waals surface area (Å²) in [5.74, 6) is -17.4. The molecule has 0 atom stereocenters. The van der Waals surface area contributed by atoms with Crippen molar-refractivity contribution < 1.29 is 76.6 Å². The zero-order valence-corrected chi connectivity index (χ0v) is 29.9. The van der Waals surface area contributed by atoms with Gasteiger partial charge in [0.1, 0.15) is 0 Å². The van der Waals surface area contributed by atoms with Crippen molar-refractivity contribution in [2.75, 3.05) is 0 Å². The van der Waals surface area contributed by atoms with Crippen LogP contribution in [0.3, 0.4) is 0 Å². The van der Waals surface area contributed by atoms with E-state index in [4.69, 9.17) is 0 Å². The van der Waals surface area contributed by atoms with Crippen LogP contribution in [0.5, 0.6) is 86.2 Å². The summed E-state index contributed by atoms with van der Waals surface area (Å²) in [6, 6.07) is 14.7. The van der Waals surface area contributed by atoms with Crippen LogP contribution in [-0.2, 0) is 5.41 Å². The van der Waals surface area contributed by atoms with E-state index < -0.39 is 108 Å². The van der Waals surface area contributed by atoms with E-state index in [0.717, 1.165) is 5.56 Å². The van der Waals surface area contributed by atoms with Crippen molar-refractivity contribution in [1.29, 1.82) is 0 Å². The number of hydrogen-bond donors (Lipinski definition) is 15. The van der Waals surface area contributed by atoms with Crippen LogP contribution in [-0.4, -0.2) is 76.6 Å². The second-order valence-electron chi connectivity index (χ2n) is 14.7. The Kier molecular flexibility index (Phi) is 6.85. The molecule has 15 nitrogen and oxygen atoms in total. The van der Waals surface area contributed by atoms with Crippen LogP contribution in [0, 0.1) is 0 Å². The lowest BCUT2D eigenvalue weighted by Crippen LogP contribution is -2.24. The summed E-state index contributed by atoms with van der Waals surface area (Å²) in [5, 5.41) is 164. The summed E-state index contributed by atoms with van der Waals surface area (Å²) >= 11 is 0. The zero-order chi connectivity index (χ0) is 41.8.